The summed E-state index contributed by atoms with van der Waals surface area (Å²) >= 11 is 6.28. The third-order valence-electron chi connectivity index (χ3n) is 9.44. The minimum absolute atomic E-state index is 0.0110. The Labute approximate surface area is 290 Å². The number of methoxy groups -OCH3 is 1. The van der Waals surface area contributed by atoms with Crippen LogP contribution in [0.25, 0.3) is 0 Å². The number of carbonyl (C=O) groups is 2. The van der Waals surface area contributed by atoms with E-state index in [1.54, 1.807) is 14.0 Å². The third kappa shape index (κ3) is 8.39. The Morgan fingerprint density at radius 3 is 2.23 bits per heavy atom. The van der Waals surface area contributed by atoms with Crippen LogP contribution in [0.3, 0.4) is 0 Å². The molecule has 8 nitrogen and oxygen atoms in total. The Morgan fingerprint density at radius 1 is 0.979 bits per heavy atom. The normalized spacial score (nSPS) is 19.3. The number of hydrogen-bond donors (Lipinski definition) is 1. The van der Waals surface area contributed by atoms with E-state index in [1.807, 2.05) is 74.2 Å². The van der Waals surface area contributed by atoms with Crippen LogP contribution in [0.5, 0.6) is 11.5 Å². The Kier molecular flexibility index (Phi) is 11.5. The van der Waals surface area contributed by atoms with E-state index in [9.17, 15) is 9.59 Å². The minimum Gasteiger partial charge on any atom is -0.493 e. The lowest BCUT2D eigenvalue weighted by Crippen LogP contribution is -2.44. The number of carbonyl (C=O) groups excluding carboxylic acids is 2. The molecule has 48 heavy (non-hydrogen) atoms. The highest BCUT2D eigenvalue weighted by Gasteiger charge is 2.36. The molecule has 1 aliphatic carbocycles. The van der Waals surface area contributed by atoms with E-state index in [4.69, 9.17) is 26.5 Å². The lowest BCUT2D eigenvalue weighted by Gasteiger charge is -2.39. The first-order valence-corrected chi connectivity index (χ1v) is 17.3. The van der Waals surface area contributed by atoms with Crippen molar-refractivity contribution < 1.29 is 19.1 Å². The molecule has 0 saturated heterocycles. The van der Waals surface area contributed by atoms with Crippen molar-refractivity contribution in [3.05, 3.63) is 82.4 Å². The van der Waals surface area contributed by atoms with E-state index in [2.05, 4.69) is 29.0 Å². The average Bonchev–Trinajstić information content (AvgIpc) is 3.04. The lowest BCUT2D eigenvalue weighted by molar-refractivity contribution is -0.119. The van der Waals surface area contributed by atoms with Crippen LogP contribution >= 0.6 is 11.6 Å². The first kappa shape index (κ1) is 35.4. The maximum Gasteiger partial charge on any atom is 0.232 e. The number of ketones is 1. The molecule has 0 radical (unpaired) electrons. The number of benzene rings is 3. The summed E-state index contributed by atoms with van der Waals surface area (Å²) in [6.07, 6.45) is 4.49. The van der Waals surface area contributed by atoms with Crippen molar-refractivity contribution in [2.75, 3.05) is 43.6 Å². The summed E-state index contributed by atoms with van der Waals surface area (Å²) in [5.41, 5.74) is 5.42. The van der Waals surface area contributed by atoms with Crippen molar-refractivity contribution in [3.8, 4) is 11.5 Å². The SMILES string of the molecule is COc1cc2c(cc1OC(C)C)[C@H](c1ccc(Cl)cc1)N(c1ccc(N(C)CC3CCC(N(CC(C)=N)CC(C)=O)CC3)cc1)C(=O)C2. The summed E-state index contributed by atoms with van der Waals surface area (Å²) in [7, 11) is 3.75. The number of halogens is 1. The molecule has 9 heteroatoms. The number of anilines is 2. The fourth-order valence-electron chi connectivity index (χ4n) is 7.29. The van der Waals surface area contributed by atoms with Gasteiger partial charge in [-0.2, -0.15) is 0 Å². The second-order valence-corrected chi connectivity index (χ2v) is 14.2. The van der Waals surface area contributed by atoms with Gasteiger partial charge in [-0.25, -0.2) is 0 Å². The Balaban J connectivity index is 1.35. The number of ether oxygens (including phenoxy) is 2. The zero-order valence-electron chi connectivity index (χ0n) is 29.1. The number of rotatable bonds is 13. The summed E-state index contributed by atoms with van der Waals surface area (Å²) in [6, 6.07) is 19.9. The van der Waals surface area contributed by atoms with Crippen molar-refractivity contribution in [1.29, 1.82) is 5.41 Å². The first-order valence-electron chi connectivity index (χ1n) is 17.0. The smallest absolute Gasteiger partial charge is 0.232 e. The van der Waals surface area contributed by atoms with Gasteiger partial charge in [0.05, 0.1) is 32.2 Å². The van der Waals surface area contributed by atoms with Gasteiger partial charge in [-0.05, 0) is 125 Å². The summed E-state index contributed by atoms with van der Waals surface area (Å²) in [6.45, 7) is 9.33. The molecule has 1 fully saturated rings. The summed E-state index contributed by atoms with van der Waals surface area (Å²) in [5.74, 6) is 2.00. The topological polar surface area (TPSA) is 86.2 Å². The predicted molar refractivity (Wildman–Crippen MR) is 194 cm³/mol. The molecule has 1 atom stereocenters. The zero-order valence-corrected chi connectivity index (χ0v) is 29.8. The van der Waals surface area contributed by atoms with Crippen molar-refractivity contribution in [3.63, 3.8) is 0 Å². The van der Waals surface area contributed by atoms with Gasteiger partial charge in [0.2, 0.25) is 5.91 Å². The molecule has 5 rings (SSSR count). The molecule has 1 N–H and O–H groups in total. The predicted octanol–water partition coefficient (Wildman–Crippen LogP) is 7.74. The average molecular weight is 673 g/mol. The van der Waals surface area contributed by atoms with E-state index >= 15 is 0 Å². The van der Waals surface area contributed by atoms with Gasteiger partial charge in [0.15, 0.2) is 11.5 Å². The molecule has 0 spiro atoms. The highest BCUT2D eigenvalue weighted by Crippen LogP contribution is 2.44. The van der Waals surface area contributed by atoms with Gasteiger partial charge in [0, 0.05) is 48.3 Å². The Bertz CT molecular complexity index is 1580. The van der Waals surface area contributed by atoms with E-state index in [1.165, 1.54) is 0 Å². The maximum atomic E-state index is 13.9. The molecule has 1 saturated carbocycles. The maximum absolute atomic E-state index is 13.9. The standard InChI is InChI=1S/C39H49ClN4O4/c1-25(2)48-37-21-35-30(19-36(37)47-6)20-38(46)44(39(35)29-9-11-31(40)12-10-29)34-17-15-32(16-18-34)42(5)24-28-7-13-33(14-8-28)43(22-26(3)41)23-27(4)45/h9-12,15-19,21,25,28,33,39,41H,7-8,13-14,20,22-24H2,1-6H3/t28?,33?,39-/m0/s1. The van der Waals surface area contributed by atoms with Gasteiger partial charge in [-0.1, -0.05) is 23.7 Å². The largest absolute Gasteiger partial charge is 0.493 e. The van der Waals surface area contributed by atoms with Crippen LogP contribution in [0.2, 0.25) is 5.02 Å². The number of Topliss-reactive ketones (excluding diaryl/α,β-unsaturated/α-hetero) is 1. The van der Waals surface area contributed by atoms with E-state index in [0.29, 0.717) is 47.3 Å². The summed E-state index contributed by atoms with van der Waals surface area (Å²) < 4.78 is 11.8. The van der Waals surface area contributed by atoms with Crippen molar-refractivity contribution >= 4 is 40.4 Å². The molecule has 1 aliphatic heterocycles. The molecule has 3 aromatic carbocycles. The van der Waals surface area contributed by atoms with Crippen LogP contribution in [0.15, 0.2) is 60.7 Å². The number of amides is 1. The molecule has 0 unspecified atom stereocenters. The lowest BCUT2D eigenvalue weighted by atomic mass is 9.84. The van der Waals surface area contributed by atoms with Crippen LogP contribution in [0, 0.1) is 11.3 Å². The van der Waals surface area contributed by atoms with Gasteiger partial charge in [-0.3, -0.25) is 14.5 Å². The van der Waals surface area contributed by atoms with Gasteiger partial charge < -0.3 is 24.7 Å². The molecule has 0 bridgehead atoms. The second kappa shape index (κ2) is 15.6. The summed E-state index contributed by atoms with van der Waals surface area (Å²) in [4.78, 5) is 32.2. The fraction of sp³-hybridized carbons (Fsp3) is 0.462. The molecule has 3 aromatic rings. The zero-order chi connectivity index (χ0) is 34.5. The molecular formula is C39H49ClN4O4. The van der Waals surface area contributed by atoms with Crippen LogP contribution in [-0.4, -0.2) is 68.2 Å². The molecule has 2 aliphatic rings. The summed E-state index contributed by atoms with van der Waals surface area (Å²) in [5, 5.41) is 8.59. The first-order chi connectivity index (χ1) is 22.9. The quantitative estimate of drug-likeness (QED) is 0.187. The van der Waals surface area contributed by atoms with Gasteiger partial charge in [-0.15, -0.1) is 0 Å². The minimum atomic E-state index is -0.364. The van der Waals surface area contributed by atoms with Gasteiger partial charge in [0.25, 0.3) is 0 Å². The molecule has 1 heterocycles. The van der Waals surface area contributed by atoms with Crippen molar-refractivity contribution in [2.24, 2.45) is 5.92 Å². The van der Waals surface area contributed by atoms with E-state index in [-0.39, 0.29) is 30.3 Å². The molecular weight excluding hydrogens is 624 g/mol. The number of fused-ring (bicyclic) bond motifs is 1. The van der Waals surface area contributed by atoms with Gasteiger partial charge >= 0.3 is 0 Å². The third-order valence-corrected chi connectivity index (χ3v) is 9.69. The fourth-order valence-corrected chi connectivity index (χ4v) is 7.41. The van der Waals surface area contributed by atoms with Crippen molar-refractivity contribution in [2.45, 2.75) is 78.0 Å². The monoisotopic (exact) mass is 672 g/mol. The van der Waals surface area contributed by atoms with E-state index < -0.39 is 0 Å². The van der Waals surface area contributed by atoms with E-state index in [0.717, 1.165) is 60.3 Å². The van der Waals surface area contributed by atoms with Crippen molar-refractivity contribution in [1.82, 2.24) is 4.90 Å². The number of nitrogens with zero attached hydrogens (tertiary/aromatic N) is 3. The molecule has 256 valence electrons. The number of nitrogens with one attached hydrogen (secondary N) is 1. The van der Waals surface area contributed by atoms with Gasteiger partial charge in [0.1, 0.15) is 5.78 Å². The molecule has 1 amide bonds. The van der Waals surface area contributed by atoms with Crippen LogP contribution < -0.4 is 19.3 Å². The Hall–Kier alpha value is -3.88. The second-order valence-electron chi connectivity index (χ2n) is 13.7. The van der Waals surface area contributed by atoms with Crippen LogP contribution in [-0.2, 0) is 16.0 Å². The number of hydrogen-bond acceptors (Lipinski definition) is 7. The highest BCUT2D eigenvalue weighted by atomic mass is 35.5. The Morgan fingerprint density at radius 2 is 1.65 bits per heavy atom. The van der Waals surface area contributed by atoms with Crippen LogP contribution in [0.1, 0.15) is 76.1 Å². The van der Waals surface area contributed by atoms with Crippen LogP contribution in [0.4, 0.5) is 11.4 Å². The molecule has 0 aromatic heterocycles. The highest BCUT2D eigenvalue weighted by molar-refractivity contribution is 6.30.